The molecule has 0 radical (unpaired) electrons. The first-order valence-corrected chi connectivity index (χ1v) is 7.30. The van der Waals surface area contributed by atoms with Gasteiger partial charge in [-0.05, 0) is 47.5 Å². The van der Waals surface area contributed by atoms with E-state index in [1.54, 1.807) is 7.11 Å². The zero-order chi connectivity index (χ0) is 14.7. The first-order valence-electron chi connectivity index (χ1n) is 6.51. The largest absolute Gasteiger partial charge is 0.496 e. The molecule has 1 rings (SSSR count). The zero-order valence-corrected chi connectivity index (χ0v) is 14.1. The van der Waals surface area contributed by atoms with Crippen LogP contribution < -0.4 is 15.8 Å². The molecule has 0 fully saturated rings. The van der Waals surface area contributed by atoms with Crippen LogP contribution in [-0.2, 0) is 5.41 Å². The summed E-state index contributed by atoms with van der Waals surface area (Å²) in [5.74, 6) is 0.856. The molecule has 0 aliphatic carbocycles. The second-order valence-electron chi connectivity index (χ2n) is 6.17. The monoisotopic (exact) mass is 328 g/mol. The summed E-state index contributed by atoms with van der Waals surface area (Å²) in [7, 11) is 1.68. The highest BCUT2D eigenvalue weighted by atomic mass is 79.9. The summed E-state index contributed by atoms with van der Waals surface area (Å²) >= 11 is 3.54. The van der Waals surface area contributed by atoms with Crippen molar-refractivity contribution in [2.75, 3.05) is 20.2 Å². The van der Waals surface area contributed by atoms with Gasteiger partial charge in [0.1, 0.15) is 5.75 Å². The van der Waals surface area contributed by atoms with Crippen molar-refractivity contribution in [3.05, 3.63) is 28.2 Å². The SMILES string of the molecule is COc1ccc(C(C)(C)CNC(C)(C)CN)cc1Br. The second-order valence-corrected chi connectivity index (χ2v) is 7.03. The molecule has 0 bridgehead atoms. The molecule has 0 unspecified atom stereocenters. The molecule has 4 heteroatoms. The van der Waals surface area contributed by atoms with Crippen molar-refractivity contribution in [2.45, 2.75) is 38.6 Å². The molecular formula is C15H25BrN2O. The molecule has 3 N–H and O–H groups in total. The summed E-state index contributed by atoms with van der Waals surface area (Å²) in [6, 6.07) is 6.23. The maximum atomic E-state index is 5.75. The Labute approximate surface area is 125 Å². The Morgan fingerprint density at radius 1 is 1.26 bits per heavy atom. The van der Waals surface area contributed by atoms with Crippen molar-refractivity contribution in [1.82, 2.24) is 5.32 Å². The van der Waals surface area contributed by atoms with Crippen LogP contribution in [0.4, 0.5) is 0 Å². The van der Waals surface area contributed by atoms with E-state index in [2.05, 4.69) is 61.1 Å². The number of benzene rings is 1. The minimum absolute atomic E-state index is 0.0290. The molecule has 1 aromatic carbocycles. The quantitative estimate of drug-likeness (QED) is 0.843. The molecule has 0 aromatic heterocycles. The van der Waals surface area contributed by atoms with Crippen molar-refractivity contribution < 1.29 is 4.74 Å². The molecule has 0 saturated heterocycles. The van der Waals surface area contributed by atoms with Crippen LogP contribution in [0.25, 0.3) is 0 Å². The lowest BCUT2D eigenvalue weighted by Gasteiger charge is -2.32. The lowest BCUT2D eigenvalue weighted by atomic mass is 9.84. The molecule has 0 aliphatic heterocycles. The van der Waals surface area contributed by atoms with Gasteiger partial charge in [0, 0.05) is 24.0 Å². The molecule has 0 heterocycles. The van der Waals surface area contributed by atoms with Crippen LogP contribution in [0.1, 0.15) is 33.3 Å². The van der Waals surface area contributed by atoms with Gasteiger partial charge in [-0.2, -0.15) is 0 Å². The van der Waals surface area contributed by atoms with Gasteiger partial charge in [-0.15, -0.1) is 0 Å². The number of hydrogen-bond donors (Lipinski definition) is 2. The highest BCUT2D eigenvalue weighted by Gasteiger charge is 2.25. The molecule has 19 heavy (non-hydrogen) atoms. The number of ether oxygens (including phenoxy) is 1. The van der Waals surface area contributed by atoms with E-state index in [4.69, 9.17) is 10.5 Å². The predicted molar refractivity (Wildman–Crippen MR) is 84.9 cm³/mol. The number of nitrogens with one attached hydrogen (secondary N) is 1. The van der Waals surface area contributed by atoms with Crippen LogP contribution in [-0.4, -0.2) is 25.7 Å². The third kappa shape index (κ3) is 4.48. The van der Waals surface area contributed by atoms with E-state index in [1.807, 2.05) is 6.07 Å². The number of halogens is 1. The Morgan fingerprint density at radius 3 is 2.37 bits per heavy atom. The normalized spacial score (nSPS) is 12.6. The predicted octanol–water partition coefficient (Wildman–Crippen LogP) is 3.06. The first-order chi connectivity index (χ1) is 8.72. The van der Waals surface area contributed by atoms with Gasteiger partial charge in [-0.25, -0.2) is 0 Å². The third-order valence-electron chi connectivity index (χ3n) is 3.45. The minimum Gasteiger partial charge on any atom is -0.496 e. The smallest absolute Gasteiger partial charge is 0.133 e. The van der Waals surface area contributed by atoms with E-state index in [0.29, 0.717) is 6.54 Å². The summed E-state index contributed by atoms with van der Waals surface area (Å²) in [5.41, 5.74) is 7.00. The summed E-state index contributed by atoms with van der Waals surface area (Å²) in [4.78, 5) is 0. The fourth-order valence-corrected chi connectivity index (χ4v) is 2.26. The molecule has 0 atom stereocenters. The highest BCUT2D eigenvalue weighted by Crippen LogP contribution is 2.31. The fraction of sp³-hybridized carbons (Fsp3) is 0.600. The topological polar surface area (TPSA) is 47.3 Å². The van der Waals surface area contributed by atoms with E-state index in [0.717, 1.165) is 16.8 Å². The van der Waals surface area contributed by atoms with E-state index in [-0.39, 0.29) is 11.0 Å². The summed E-state index contributed by atoms with van der Waals surface area (Å²) in [6.07, 6.45) is 0. The number of methoxy groups -OCH3 is 1. The van der Waals surface area contributed by atoms with Gasteiger partial charge in [0.25, 0.3) is 0 Å². The van der Waals surface area contributed by atoms with Gasteiger partial charge in [0.05, 0.1) is 11.6 Å². The van der Waals surface area contributed by atoms with Crippen molar-refractivity contribution in [2.24, 2.45) is 5.73 Å². The number of hydrogen-bond acceptors (Lipinski definition) is 3. The summed E-state index contributed by atoms with van der Waals surface area (Å²) in [5, 5.41) is 3.52. The van der Waals surface area contributed by atoms with Crippen LogP contribution in [0.2, 0.25) is 0 Å². The molecule has 108 valence electrons. The highest BCUT2D eigenvalue weighted by molar-refractivity contribution is 9.10. The minimum atomic E-state index is -0.0407. The Morgan fingerprint density at radius 2 is 1.89 bits per heavy atom. The number of rotatable bonds is 6. The average Bonchev–Trinajstić information content (AvgIpc) is 2.36. The molecule has 0 aliphatic rings. The van der Waals surface area contributed by atoms with Gasteiger partial charge >= 0.3 is 0 Å². The molecule has 1 aromatic rings. The van der Waals surface area contributed by atoms with Crippen molar-refractivity contribution >= 4 is 15.9 Å². The van der Waals surface area contributed by atoms with Crippen LogP contribution in [0.5, 0.6) is 5.75 Å². The lowest BCUT2D eigenvalue weighted by Crippen LogP contribution is -2.50. The van der Waals surface area contributed by atoms with Crippen molar-refractivity contribution in [1.29, 1.82) is 0 Å². The second kappa shape index (κ2) is 6.25. The fourth-order valence-electron chi connectivity index (χ4n) is 1.72. The van der Waals surface area contributed by atoms with Gasteiger partial charge < -0.3 is 15.8 Å². The molecule has 0 spiro atoms. The molecular weight excluding hydrogens is 304 g/mol. The first kappa shape index (κ1) is 16.5. The Bertz CT molecular complexity index is 430. The van der Waals surface area contributed by atoms with Crippen LogP contribution in [0, 0.1) is 0 Å². The standard InChI is InChI=1S/C15H25BrN2O/c1-14(2,10-18-15(3,4)9-17)11-6-7-13(19-5)12(16)8-11/h6-8,18H,9-10,17H2,1-5H3. The zero-order valence-electron chi connectivity index (χ0n) is 12.5. The summed E-state index contributed by atoms with van der Waals surface area (Å²) < 4.78 is 6.25. The van der Waals surface area contributed by atoms with Crippen LogP contribution in [0.15, 0.2) is 22.7 Å². The van der Waals surface area contributed by atoms with E-state index in [9.17, 15) is 0 Å². The summed E-state index contributed by atoms with van der Waals surface area (Å²) in [6.45, 7) is 10.2. The number of nitrogens with two attached hydrogens (primary N) is 1. The van der Waals surface area contributed by atoms with E-state index < -0.39 is 0 Å². The van der Waals surface area contributed by atoms with Crippen LogP contribution >= 0.6 is 15.9 Å². The van der Waals surface area contributed by atoms with Crippen molar-refractivity contribution in [3.8, 4) is 5.75 Å². The van der Waals surface area contributed by atoms with Gasteiger partial charge in [-0.1, -0.05) is 19.9 Å². The Balaban J connectivity index is 2.85. The molecule has 3 nitrogen and oxygen atoms in total. The van der Waals surface area contributed by atoms with Crippen LogP contribution in [0.3, 0.4) is 0 Å². The third-order valence-corrected chi connectivity index (χ3v) is 4.07. The lowest BCUT2D eigenvalue weighted by molar-refractivity contribution is 0.346. The van der Waals surface area contributed by atoms with Gasteiger partial charge in [0.15, 0.2) is 0 Å². The molecule has 0 amide bonds. The Hall–Kier alpha value is -0.580. The molecule has 0 saturated carbocycles. The maximum absolute atomic E-state index is 5.75. The van der Waals surface area contributed by atoms with E-state index in [1.165, 1.54) is 5.56 Å². The maximum Gasteiger partial charge on any atom is 0.133 e. The average molecular weight is 329 g/mol. The van der Waals surface area contributed by atoms with Crippen molar-refractivity contribution in [3.63, 3.8) is 0 Å². The van der Waals surface area contributed by atoms with Gasteiger partial charge in [-0.3, -0.25) is 0 Å². The van der Waals surface area contributed by atoms with Gasteiger partial charge in [0.2, 0.25) is 0 Å². The Kier molecular flexibility index (Phi) is 5.42. The van der Waals surface area contributed by atoms with E-state index >= 15 is 0 Å².